The van der Waals surface area contributed by atoms with Crippen molar-refractivity contribution in [3.8, 4) is 6.07 Å². The second-order valence-corrected chi connectivity index (χ2v) is 3.97. The predicted molar refractivity (Wildman–Crippen MR) is 63.5 cm³/mol. The summed E-state index contributed by atoms with van der Waals surface area (Å²) in [6.45, 7) is 2.09. The van der Waals surface area contributed by atoms with Crippen molar-refractivity contribution in [1.29, 1.82) is 5.26 Å². The first-order valence-electron chi connectivity index (χ1n) is 5.32. The van der Waals surface area contributed by atoms with Crippen LogP contribution in [0.1, 0.15) is 16.7 Å². The first-order valence-corrected chi connectivity index (χ1v) is 5.32. The largest absolute Gasteiger partial charge is 0.347 e. The number of aromatic nitrogens is 2. The van der Waals surface area contributed by atoms with Crippen LogP contribution in [0.3, 0.4) is 0 Å². The van der Waals surface area contributed by atoms with E-state index in [2.05, 4.69) is 4.98 Å². The van der Waals surface area contributed by atoms with E-state index >= 15 is 0 Å². The summed E-state index contributed by atoms with van der Waals surface area (Å²) in [6, 6.07) is 5.97. The van der Waals surface area contributed by atoms with E-state index in [1.54, 1.807) is 18.3 Å². The van der Waals surface area contributed by atoms with Crippen molar-refractivity contribution >= 4 is 0 Å². The number of hydrogen-bond donors (Lipinski definition) is 0. The molecule has 0 aliphatic carbocycles. The number of aryl methyl sites for hydroxylation is 1. The molecule has 0 radical (unpaired) electrons. The lowest BCUT2D eigenvalue weighted by Gasteiger charge is -2.06. The van der Waals surface area contributed by atoms with Crippen LogP contribution in [-0.2, 0) is 6.54 Å². The number of benzene rings is 1. The van der Waals surface area contributed by atoms with Gasteiger partial charge in [-0.15, -0.1) is 0 Å². The van der Waals surface area contributed by atoms with Gasteiger partial charge in [0.1, 0.15) is 11.9 Å². The standard InChI is InChI=1S/C13H10FN3O/c1-9-6-16-13(18)17(7-9)8-10-2-3-12(14)11(4-10)5-15/h2-4,6-7H,8H2,1H3. The molecule has 5 heteroatoms. The Balaban J connectivity index is 2.38. The summed E-state index contributed by atoms with van der Waals surface area (Å²) in [7, 11) is 0. The van der Waals surface area contributed by atoms with Crippen LogP contribution in [0.4, 0.5) is 4.39 Å². The molecule has 0 aliphatic heterocycles. The van der Waals surface area contributed by atoms with Gasteiger partial charge < -0.3 is 0 Å². The normalized spacial score (nSPS) is 10.1. The van der Waals surface area contributed by atoms with E-state index in [4.69, 9.17) is 5.26 Å². The zero-order valence-electron chi connectivity index (χ0n) is 9.72. The minimum absolute atomic E-state index is 0.0267. The molecule has 2 rings (SSSR count). The van der Waals surface area contributed by atoms with E-state index in [-0.39, 0.29) is 17.8 Å². The van der Waals surface area contributed by atoms with Crippen molar-refractivity contribution in [2.75, 3.05) is 0 Å². The van der Waals surface area contributed by atoms with Crippen LogP contribution in [0.25, 0.3) is 0 Å². The average molecular weight is 243 g/mol. The van der Waals surface area contributed by atoms with Crippen molar-refractivity contribution < 1.29 is 4.39 Å². The molecule has 0 spiro atoms. The van der Waals surface area contributed by atoms with Gasteiger partial charge in [0.05, 0.1) is 12.1 Å². The quantitative estimate of drug-likeness (QED) is 0.805. The summed E-state index contributed by atoms with van der Waals surface area (Å²) < 4.78 is 14.6. The van der Waals surface area contributed by atoms with Gasteiger partial charge in [0, 0.05) is 12.4 Å². The first kappa shape index (κ1) is 12.0. The molecule has 0 N–H and O–H groups in total. The lowest BCUT2D eigenvalue weighted by atomic mass is 10.1. The third-order valence-electron chi connectivity index (χ3n) is 2.49. The lowest BCUT2D eigenvalue weighted by molar-refractivity contribution is 0.621. The fourth-order valence-electron chi connectivity index (χ4n) is 1.63. The van der Waals surface area contributed by atoms with E-state index in [0.717, 1.165) is 5.56 Å². The molecule has 0 amide bonds. The van der Waals surface area contributed by atoms with E-state index in [0.29, 0.717) is 5.56 Å². The molecule has 1 heterocycles. The van der Waals surface area contributed by atoms with Crippen molar-refractivity contribution in [2.24, 2.45) is 0 Å². The maximum Gasteiger partial charge on any atom is 0.347 e. The molecule has 0 bridgehead atoms. The molecule has 4 nitrogen and oxygen atoms in total. The molecule has 18 heavy (non-hydrogen) atoms. The number of nitrogens with zero attached hydrogens (tertiary/aromatic N) is 3. The number of rotatable bonds is 2. The third-order valence-corrected chi connectivity index (χ3v) is 2.49. The van der Waals surface area contributed by atoms with Gasteiger partial charge in [-0.05, 0) is 30.2 Å². The van der Waals surface area contributed by atoms with Crippen molar-refractivity contribution in [1.82, 2.24) is 9.55 Å². The number of halogens is 1. The minimum Gasteiger partial charge on any atom is -0.294 e. The summed E-state index contributed by atoms with van der Waals surface area (Å²) in [5, 5.41) is 8.74. The maximum absolute atomic E-state index is 13.1. The van der Waals surface area contributed by atoms with E-state index in [9.17, 15) is 9.18 Å². The number of hydrogen-bond acceptors (Lipinski definition) is 3. The van der Waals surface area contributed by atoms with Crippen LogP contribution in [0.2, 0.25) is 0 Å². The van der Waals surface area contributed by atoms with Crippen molar-refractivity contribution in [3.63, 3.8) is 0 Å². The number of nitriles is 1. The summed E-state index contributed by atoms with van der Waals surface area (Å²) >= 11 is 0. The molecule has 0 saturated heterocycles. The molecule has 0 aliphatic rings. The highest BCUT2D eigenvalue weighted by Gasteiger charge is 2.04. The Morgan fingerprint density at radius 1 is 1.50 bits per heavy atom. The minimum atomic E-state index is -0.559. The van der Waals surface area contributed by atoms with Gasteiger partial charge >= 0.3 is 5.69 Å². The predicted octanol–water partition coefficient (Wildman–Crippen LogP) is 1.61. The molecule has 1 aromatic heterocycles. The smallest absolute Gasteiger partial charge is 0.294 e. The van der Waals surface area contributed by atoms with Gasteiger partial charge in [0.2, 0.25) is 0 Å². The third kappa shape index (κ3) is 2.43. The van der Waals surface area contributed by atoms with Crippen LogP contribution < -0.4 is 5.69 Å². The van der Waals surface area contributed by atoms with Crippen LogP contribution in [0, 0.1) is 24.1 Å². The highest BCUT2D eigenvalue weighted by atomic mass is 19.1. The van der Waals surface area contributed by atoms with E-state index in [1.807, 2.05) is 6.92 Å². The first-order chi connectivity index (χ1) is 8.60. The monoisotopic (exact) mass is 243 g/mol. The Hall–Kier alpha value is -2.48. The molecule has 0 unspecified atom stereocenters. The zero-order chi connectivity index (χ0) is 13.1. The average Bonchev–Trinajstić information content (AvgIpc) is 2.36. The van der Waals surface area contributed by atoms with Gasteiger partial charge in [0.15, 0.2) is 0 Å². The second-order valence-electron chi connectivity index (χ2n) is 3.97. The summed E-state index contributed by atoms with van der Waals surface area (Å²) in [4.78, 5) is 15.2. The molecule has 0 fully saturated rings. The molecule has 1 aromatic carbocycles. The van der Waals surface area contributed by atoms with Gasteiger partial charge in [-0.3, -0.25) is 4.57 Å². The Morgan fingerprint density at radius 2 is 2.28 bits per heavy atom. The van der Waals surface area contributed by atoms with Gasteiger partial charge in [-0.2, -0.15) is 5.26 Å². The molecule has 2 aromatic rings. The SMILES string of the molecule is Cc1cnc(=O)n(Cc2ccc(F)c(C#N)c2)c1. The van der Waals surface area contributed by atoms with Crippen LogP contribution >= 0.6 is 0 Å². The van der Waals surface area contributed by atoms with Crippen LogP contribution in [0.5, 0.6) is 0 Å². The van der Waals surface area contributed by atoms with Crippen LogP contribution in [0.15, 0.2) is 35.4 Å². The Kier molecular flexibility index (Phi) is 3.20. The molecular weight excluding hydrogens is 233 g/mol. The second kappa shape index (κ2) is 4.80. The Labute approximate surface area is 103 Å². The fourth-order valence-corrected chi connectivity index (χ4v) is 1.63. The summed E-state index contributed by atoms with van der Waals surface area (Å²) in [5.74, 6) is -0.559. The molecule has 0 atom stereocenters. The Bertz CT molecular complexity index is 685. The van der Waals surface area contributed by atoms with E-state index < -0.39 is 5.82 Å². The summed E-state index contributed by atoms with van der Waals surface area (Å²) in [6.07, 6.45) is 3.16. The lowest BCUT2D eigenvalue weighted by Crippen LogP contribution is -2.22. The van der Waals surface area contributed by atoms with Crippen molar-refractivity contribution in [3.05, 3.63) is 63.6 Å². The topological polar surface area (TPSA) is 58.7 Å². The molecule has 90 valence electrons. The molecule has 0 saturated carbocycles. The van der Waals surface area contributed by atoms with Crippen molar-refractivity contribution in [2.45, 2.75) is 13.5 Å². The van der Waals surface area contributed by atoms with E-state index in [1.165, 1.54) is 22.9 Å². The highest BCUT2D eigenvalue weighted by Crippen LogP contribution is 2.10. The zero-order valence-corrected chi connectivity index (χ0v) is 9.72. The fraction of sp³-hybridized carbons (Fsp3) is 0.154. The highest BCUT2D eigenvalue weighted by molar-refractivity contribution is 5.34. The van der Waals surface area contributed by atoms with Gasteiger partial charge in [0.25, 0.3) is 0 Å². The maximum atomic E-state index is 13.1. The van der Waals surface area contributed by atoms with Gasteiger partial charge in [-0.1, -0.05) is 6.07 Å². The summed E-state index contributed by atoms with van der Waals surface area (Å²) in [5.41, 5.74) is 1.14. The molecular formula is C13H10FN3O. The Morgan fingerprint density at radius 3 is 3.00 bits per heavy atom. The van der Waals surface area contributed by atoms with Crippen LogP contribution in [-0.4, -0.2) is 9.55 Å². The van der Waals surface area contributed by atoms with Gasteiger partial charge in [-0.25, -0.2) is 14.2 Å².